The number of fused-ring (bicyclic) bond motifs is 2. The van der Waals surface area contributed by atoms with Gasteiger partial charge in [0.2, 0.25) is 0 Å². The zero-order valence-corrected chi connectivity index (χ0v) is 39.7. The van der Waals surface area contributed by atoms with Crippen molar-refractivity contribution in [2.75, 3.05) is 27.3 Å². The van der Waals surface area contributed by atoms with Gasteiger partial charge in [0.05, 0.1) is 64.4 Å². The molecule has 2 amide bonds. The number of rotatable bonds is 14. The normalized spacial score (nSPS) is 10.4. The van der Waals surface area contributed by atoms with Crippen LogP contribution in [0.15, 0.2) is 138 Å². The van der Waals surface area contributed by atoms with Gasteiger partial charge in [-0.25, -0.2) is 0 Å². The minimum Gasteiger partial charge on any atom is -0.493 e. The summed E-state index contributed by atoms with van der Waals surface area (Å²) >= 11 is 3.46. The molecule has 0 radical (unpaired) electrons. The highest BCUT2D eigenvalue weighted by molar-refractivity contribution is 9.10. The molecule has 14 nitrogen and oxygen atoms in total. The molecule has 0 aliphatic heterocycles. The minimum atomic E-state index is -1.50. The number of aromatic amines is 2. The lowest BCUT2D eigenvalue weighted by atomic mass is 9.80. The Morgan fingerprint density at radius 3 is 1.71 bits per heavy atom. The van der Waals surface area contributed by atoms with Crippen LogP contribution in [-0.2, 0) is 13.1 Å². The summed E-state index contributed by atoms with van der Waals surface area (Å²) in [7, 11) is 2.09. The second-order valence-corrected chi connectivity index (χ2v) is 16.5. The summed E-state index contributed by atoms with van der Waals surface area (Å²) in [6.07, 6.45) is 5.33. The van der Waals surface area contributed by atoms with Crippen LogP contribution >= 0.6 is 15.9 Å². The van der Waals surface area contributed by atoms with Crippen LogP contribution in [0.3, 0.4) is 0 Å². The Balaban J connectivity index is 0.000000187. The molecule has 2 heterocycles. The van der Waals surface area contributed by atoms with E-state index in [4.69, 9.17) is 24.8 Å². The summed E-state index contributed by atoms with van der Waals surface area (Å²) < 4.78 is 12.5. The lowest BCUT2D eigenvalue weighted by molar-refractivity contribution is 0.0778. The number of H-pyrrole nitrogens is 2. The fourth-order valence-corrected chi connectivity index (χ4v) is 7.49. The van der Waals surface area contributed by atoms with Gasteiger partial charge < -0.3 is 29.3 Å². The van der Waals surface area contributed by atoms with E-state index in [1.807, 2.05) is 92.7 Å². The zero-order valence-electron chi connectivity index (χ0n) is 38.1. The minimum absolute atomic E-state index is 0.0506. The van der Waals surface area contributed by atoms with Crippen molar-refractivity contribution in [3.05, 3.63) is 172 Å². The number of benzene rings is 6. The Morgan fingerprint density at radius 1 is 0.662 bits per heavy atom. The van der Waals surface area contributed by atoms with E-state index < -0.39 is 7.12 Å². The van der Waals surface area contributed by atoms with Crippen LogP contribution < -0.4 is 14.9 Å². The Kier molecular flexibility index (Phi) is 17.6. The fraction of sp³-hybridized carbons (Fsp3) is 0.192. The Bertz CT molecular complexity index is 3090. The maximum absolute atomic E-state index is 13.2. The van der Waals surface area contributed by atoms with E-state index in [1.165, 1.54) is 6.07 Å². The number of amides is 2. The molecule has 8 rings (SSSR count). The summed E-state index contributed by atoms with van der Waals surface area (Å²) in [5.41, 5.74) is 8.18. The largest absolute Gasteiger partial charge is 0.493 e. The van der Waals surface area contributed by atoms with Crippen LogP contribution in [-0.4, -0.2) is 86.5 Å². The molecule has 0 bridgehead atoms. The van der Waals surface area contributed by atoms with E-state index >= 15 is 0 Å². The molecule has 4 N–H and O–H groups in total. The number of halogens is 1. The van der Waals surface area contributed by atoms with Crippen molar-refractivity contribution in [2.24, 2.45) is 0 Å². The van der Waals surface area contributed by atoms with Crippen LogP contribution in [0.5, 0.6) is 11.5 Å². The molecule has 0 spiro atoms. The number of aromatic nitrogens is 4. The molecule has 0 aliphatic carbocycles. The molecule has 6 aromatic carbocycles. The molecular weight excluding hydrogens is 923 g/mol. The predicted octanol–water partition coefficient (Wildman–Crippen LogP) is 8.79. The van der Waals surface area contributed by atoms with Gasteiger partial charge >= 0.3 is 7.12 Å². The molecule has 8 aromatic rings. The van der Waals surface area contributed by atoms with Crippen molar-refractivity contribution < 1.29 is 29.1 Å². The molecule has 0 saturated carbocycles. The average molecular weight is 974 g/mol. The van der Waals surface area contributed by atoms with Crippen LogP contribution in [0.1, 0.15) is 69.7 Å². The molecule has 0 unspecified atom stereocenters. The number of nitriles is 2. The molecule has 2 aromatic heterocycles. The number of hydrogen-bond acceptors (Lipinski definition) is 10. The van der Waals surface area contributed by atoms with Gasteiger partial charge in [-0.3, -0.25) is 19.8 Å². The van der Waals surface area contributed by atoms with Crippen molar-refractivity contribution in [3.8, 4) is 34.8 Å². The van der Waals surface area contributed by atoms with E-state index in [0.717, 1.165) is 61.4 Å². The van der Waals surface area contributed by atoms with Crippen molar-refractivity contribution in [1.29, 1.82) is 10.5 Å². The number of nitrogens with zero attached hydrogens (tertiary/aromatic N) is 6. The number of carbonyl (C=O) groups excluding carboxylic acids is 2. The molecule has 16 heteroatoms. The lowest BCUT2D eigenvalue weighted by Gasteiger charge is -2.19. The Morgan fingerprint density at radius 2 is 1.16 bits per heavy atom. The highest BCUT2D eigenvalue weighted by atomic mass is 79.9. The van der Waals surface area contributed by atoms with Crippen LogP contribution in [0.4, 0.5) is 0 Å². The van der Waals surface area contributed by atoms with Gasteiger partial charge in [-0.2, -0.15) is 20.7 Å². The number of para-hydroxylation sites is 2. The van der Waals surface area contributed by atoms with E-state index in [2.05, 4.69) is 42.4 Å². The van der Waals surface area contributed by atoms with Crippen molar-refractivity contribution in [2.45, 2.75) is 39.8 Å². The van der Waals surface area contributed by atoms with Gasteiger partial charge in [-0.15, -0.1) is 0 Å². The second kappa shape index (κ2) is 24.1. The van der Waals surface area contributed by atoms with Crippen molar-refractivity contribution in [1.82, 2.24) is 30.2 Å². The summed E-state index contributed by atoms with van der Waals surface area (Å²) in [6, 6.07) is 40.5. The summed E-state index contributed by atoms with van der Waals surface area (Å²) in [5.74, 6) is 1.18. The van der Waals surface area contributed by atoms with Crippen molar-refractivity contribution >= 4 is 62.1 Å². The number of nitrogens with one attached hydrogen (secondary N) is 2. The topological polar surface area (TPSA) is 204 Å². The van der Waals surface area contributed by atoms with Gasteiger partial charge in [-0.1, -0.05) is 74.5 Å². The Hall–Kier alpha value is -7.76. The van der Waals surface area contributed by atoms with Crippen LogP contribution in [0.25, 0.3) is 32.9 Å². The van der Waals surface area contributed by atoms with Gasteiger partial charge in [0.25, 0.3) is 11.8 Å². The number of hydrogen-bond donors (Lipinski definition) is 4. The third-order valence-electron chi connectivity index (χ3n) is 10.6. The third-order valence-corrected chi connectivity index (χ3v) is 11.2. The standard InChI is InChI=1S/C26H24N4O2.C19H20BrN3O2.C7H6BNO2/c1-3-12-32-24-14-20(10-11-23(24)19-7-4-6-18(13-19)15-27)26(31)30(2)17-22-9-5-8-21-16-28-29-25(21)22;1-3-9-25-17-10-13(7-8-16(17)20)19(24)23(2)12-15-6-4-5-14-11-21-22-18(14)15;9-5-6-2-1-3-7(4-6)8(10)11/h4-11,13-14,16H,3,12,17H2,1-2H3,(H,28,29);4-8,10-11H,3,9,12H2,1-2H3,(H,21,22);1-4,10-11H. The SMILES string of the molecule is CCCOc1cc(C(=O)N(C)Cc2cccc3cn[nH]c23)ccc1-c1cccc(C#N)c1.CCCOc1cc(C(=O)N(C)Cc2cccc3cn[nH]c23)ccc1Br.N#Cc1cccc(B(O)O)c1. The molecular formula is C52H50BBrN8O6. The first-order valence-electron chi connectivity index (χ1n) is 21.8. The molecule has 0 aliphatic rings. The molecule has 344 valence electrons. The molecule has 0 saturated heterocycles. The summed E-state index contributed by atoms with van der Waals surface area (Å²) in [5, 5.41) is 51.3. The van der Waals surface area contributed by atoms with E-state index in [9.17, 15) is 14.9 Å². The smallest absolute Gasteiger partial charge is 0.488 e. The van der Waals surface area contributed by atoms with Gasteiger partial charge in [-0.05, 0) is 112 Å². The maximum Gasteiger partial charge on any atom is 0.488 e. The molecule has 68 heavy (non-hydrogen) atoms. The van der Waals surface area contributed by atoms with Gasteiger partial charge in [0, 0.05) is 54.6 Å². The first-order chi connectivity index (χ1) is 32.9. The Labute approximate surface area is 403 Å². The number of ether oxygens (including phenoxy) is 2. The average Bonchev–Trinajstić information content (AvgIpc) is 4.07. The van der Waals surface area contributed by atoms with Crippen LogP contribution in [0.2, 0.25) is 0 Å². The van der Waals surface area contributed by atoms with E-state index in [1.54, 1.807) is 78.8 Å². The highest BCUT2D eigenvalue weighted by Crippen LogP contribution is 2.33. The first-order valence-corrected chi connectivity index (χ1v) is 22.6. The predicted molar refractivity (Wildman–Crippen MR) is 267 cm³/mol. The van der Waals surface area contributed by atoms with Gasteiger partial charge in [0.1, 0.15) is 11.5 Å². The monoisotopic (exact) mass is 972 g/mol. The summed E-state index contributed by atoms with van der Waals surface area (Å²) in [4.78, 5) is 29.4. The second-order valence-electron chi connectivity index (χ2n) is 15.7. The van der Waals surface area contributed by atoms with E-state index in [-0.39, 0.29) is 11.8 Å². The zero-order chi connectivity index (χ0) is 48.6. The fourth-order valence-electron chi connectivity index (χ4n) is 7.13. The lowest BCUT2D eigenvalue weighted by Crippen LogP contribution is -2.29. The van der Waals surface area contributed by atoms with Crippen LogP contribution in [0, 0.1) is 22.7 Å². The first kappa shape index (κ1) is 49.7. The van der Waals surface area contributed by atoms with Gasteiger partial charge in [0.15, 0.2) is 0 Å². The summed E-state index contributed by atoms with van der Waals surface area (Å²) in [6.45, 7) is 6.20. The maximum atomic E-state index is 13.2. The quantitative estimate of drug-likeness (QED) is 0.0763. The van der Waals surface area contributed by atoms with Crippen molar-refractivity contribution in [3.63, 3.8) is 0 Å². The molecule has 0 fully saturated rings. The highest BCUT2D eigenvalue weighted by Gasteiger charge is 2.19. The third kappa shape index (κ3) is 12.8. The van der Waals surface area contributed by atoms with E-state index in [0.29, 0.717) is 65.5 Å². The number of carbonyl (C=O) groups is 2. The molecule has 0 atom stereocenters.